The number of halogens is 1. The zero-order chi connectivity index (χ0) is 25.1. The van der Waals surface area contributed by atoms with Crippen molar-refractivity contribution in [3.63, 3.8) is 0 Å². The van der Waals surface area contributed by atoms with E-state index in [2.05, 4.69) is 26.8 Å². The molecule has 3 aromatic carbocycles. The third-order valence-corrected chi connectivity index (χ3v) is 6.90. The third-order valence-electron chi connectivity index (χ3n) is 6.90. The number of benzene rings is 3. The number of piperazine rings is 2. The van der Waals surface area contributed by atoms with Crippen LogP contribution in [0.1, 0.15) is 10.4 Å². The van der Waals surface area contributed by atoms with Gasteiger partial charge in [-0.3, -0.25) is 14.9 Å². The van der Waals surface area contributed by atoms with E-state index in [1.807, 2.05) is 24.3 Å². The molecule has 2 heterocycles. The molecule has 0 spiro atoms. The fraction of sp³-hybridized carbons (Fsp3) is 0.296. The van der Waals surface area contributed by atoms with Crippen molar-refractivity contribution in [1.29, 1.82) is 0 Å². The van der Waals surface area contributed by atoms with Gasteiger partial charge in [0.05, 0.1) is 4.92 Å². The molecule has 2 saturated heterocycles. The minimum Gasteiger partial charge on any atom is -0.368 e. The van der Waals surface area contributed by atoms with Gasteiger partial charge in [0, 0.05) is 75.4 Å². The summed E-state index contributed by atoms with van der Waals surface area (Å²) in [5, 5.41) is 11.8. The molecular formula is C27H28FN5O3. The first-order valence-corrected chi connectivity index (χ1v) is 12.1. The molecule has 0 unspecified atom stereocenters. The summed E-state index contributed by atoms with van der Waals surface area (Å²) in [5.41, 5.74) is 3.14. The van der Waals surface area contributed by atoms with E-state index in [4.69, 9.17) is 0 Å². The third kappa shape index (κ3) is 4.95. The van der Waals surface area contributed by atoms with Crippen molar-refractivity contribution in [3.8, 4) is 0 Å². The first-order chi connectivity index (χ1) is 17.5. The summed E-state index contributed by atoms with van der Waals surface area (Å²) in [5.74, 6) is -0.614. The number of para-hydroxylation sites is 1. The zero-order valence-corrected chi connectivity index (χ0v) is 19.9. The molecule has 2 fully saturated rings. The summed E-state index contributed by atoms with van der Waals surface area (Å²) >= 11 is 0. The number of hydrogen-bond donors (Lipinski definition) is 0. The Morgan fingerprint density at radius 2 is 1.36 bits per heavy atom. The molecule has 3 aromatic rings. The first-order valence-electron chi connectivity index (χ1n) is 12.1. The molecule has 5 rings (SSSR count). The normalized spacial score (nSPS) is 16.2. The van der Waals surface area contributed by atoms with Crippen LogP contribution in [0.5, 0.6) is 0 Å². The van der Waals surface area contributed by atoms with Gasteiger partial charge in [-0.2, -0.15) is 0 Å². The Morgan fingerprint density at radius 3 is 2.03 bits per heavy atom. The Kier molecular flexibility index (Phi) is 6.71. The van der Waals surface area contributed by atoms with E-state index >= 15 is 0 Å². The molecule has 1 amide bonds. The maximum Gasteiger partial charge on any atom is 0.292 e. The molecule has 0 saturated carbocycles. The molecule has 2 aliphatic rings. The largest absolute Gasteiger partial charge is 0.368 e. The highest BCUT2D eigenvalue weighted by molar-refractivity contribution is 5.94. The summed E-state index contributed by atoms with van der Waals surface area (Å²) in [6.07, 6.45) is 0. The van der Waals surface area contributed by atoms with Crippen molar-refractivity contribution >= 4 is 28.7 Å². The number of anilines is 3. The van der Waals surface area contributed by atoms with Gasteiger partial charge in [0.15, 0.2) is 0 Å². The highest BCUT2D eigenvalue weighted by Gasteiger charge is 2.27. The van der Waals surface area contributed by atoms with Crippen molar-refractivity contribution in [2.75, 3.05) is 67.1 Å². The van der Waals surface area contributed by atoms with Crippen molar-refractivity contribution < 1.29 is 14.1 Å². The fourth-order valence-electron chi connectivity index (χ4n) is 4.93. The van der Waals surface area contributed by atoms with Gasteiger partial charge in [-0.05, 0) is 42.5 Å². The SMILES string of the molecule is O=C(c1cccc(F)c1)N1CCN(c2ccc([N+](=O)[O-])c(N3CCN(c4ccccc4)CC3)c2)CC1. The molecule has 0 N–H and O–H groups in total. The maximum atomic E-state index is 13.5. The second-order valence-electron chi connectivity index (χ2n) is 9.03. The van der Waals surface area contributed by atoms with E-state index in [0.717, 1.165) is 24.5 Å². The van der Waals surface area contributed by atoms with Crippen molar-refractivity contribution in [2.45, 2.75) is 0 Å². The molecule has 0 atom stereocenters. The van der Waals surface area contributed by atoms with Crippen molar-refractivity contribution in [1.82, 2.24) is 4.90 Å². The van der Waals surface area contributed by atoms with Gasteiger partial charge in [-0.15, -0.1) is 0 Å². The average Bonchev–Trinajstić information content (AvgIpc) is 2.93. The number of hydrogen-bond acceptors (Lipinski definition) is 6. The Balaban J connectivity index is 1.27. The van der Waals surface area contributed by atoms with Crippen LogP contribution in [0.15, 0.2) is 72.8 Å². The fourth-order valence-corrected chi connectivity index (χ4v) is 4.93. The molecule has 0 bridgehead atoms. The second kappa shape index (κ2) is 10.2. The number of carbonyl (C=O) groups is 1. The molecule has 186 valence electrons. The first kappa shape index (κ1) is 23.6. The van der Waals surface area contributed by atoms with Crippen LogP contribution in [0.2, 0.25) is 0 Å². The standard InChI is InChI=1S/C27H28FN5O3/c28-22-6-4-5-21(19-22)27(34)32-17-13-30(14-18-32)24-9-10-25(33(35)36)26(20-24)31-15-11-29(12-16-31)23-7-2-1-3-8-23/h1-10,19-20H,11-18H2. The predicted molar refractivity (Wildman–Crippen MR) is 138 cm³/mol. The van der Waals surface area contributed by atoms with Crippen LogP contribution in [-0.2, 0) is 0 Å². The average molecular weight is 490 g/mol. The zero-order valence-electron chi connectivity index (χ0n) is 19.9. The lowest BCUT2D eigenvalue weighted by molar-refractivity contribution is -0.384. The van der Waals surface area contributed by atoms with Gasteiger partial charge < -0.3 is 19.6 Å². The number of nitro groups is 1. The van der Waals surface area contributed by atoms with Gasteiger partial charge in [0.2, 0.25) is 0 Å². The maximum absolute atomic E-state index is 13.5. The summed E-state index contributed by atoms with van der Waals surface area (Å²) in [4.78, 5) is 32.5. The molecule has 0 aliphatic carbocycles. The van der Waals surface area contributed by atoms with Crippen molar-refractivity contribution in [3.05, 3.63) is 94.3 Å². The predicted octanol–water partition coefficient (Wildman–Crippen LogP) is 4.02. The van der Waals surface area contributed by atoms with Crippen LogP contribution in [0, 0.1) is 15.9 Å². The summed E-state index contributed by atoms with van der Waals surface area (Å²) in [6.45, 7) is 5.14. The van der Waals surface area contributed by atoms with Gasteiger partial charge in [-0.25, -0.2) is 4.39 Å². The van der Waals surface area contributed by atoms with Crippen LogP contribution in [0.25, 0.3) is 0 Å². The lowest BCUT2D eigenvalue weighted by Crippen LogP contribution is -2.49. The highest BCUT2D eigenvalue weighted by atomic mass is 19.1. The molecule has 0 aromatic heterocycles. The number of amides is 1. The Morgan fingerprint density at radius 1 is 0.722 bits per heavy atom. The minimum atomic E-state index is -0.428. The molecule has 0 radical (unpaired) electrons. The van der Waals surface area contributed by atoms with Gasteiger partial charge in [0.25, 0.3) is 11.6 Å². The summed E-state index contributed by atoms with van der Waals surface area (Å²) in [6, 6.07) is 21.2. The molecule has 8 nitrogen and oxygen atoms in total. The van der Waals surface area contributed by atoms with Crippen LogP contribution in [0.4, 0.5) is 27.1 Å². The Hall–Kier alpha value is -4.14. The van der Waals surface area contributed by atoms with E-state index in [0.29, 0.717) is 50.5 Å². The number of rotatable bonds is 5. The van der Waals surface area contributed by atoms with Crippen LogP contribution < -0.4 is 14.7 Å². The van der Waals surface area contributed by atoms with Crippen molar-refractivity contribution in [2.24, 2.45) is 0 Å². The second-order valence-corrected chi connectivity index (χ2v) is 9.03. The van der Waals surface area contributed by atoms with Crippen LogP contribution in [-0.4, -0.2) is 68.1 Å². The molecular weight excluding hydrogens is 461 g/mol. The van der Waals surface area contributed by atoms with E-state index in [1.54, 1.807) is 23.1 Å². The van der Waals surface area contributed by atoms with Crippen LogP contribution >= 0.6 is 0 Å². The summed E-state index contributed by atoms with van der Waals surface area (Å²) < 4.78 is 13.5. The van der Waals surface area contributed by atoms with E-state index in [1.165, 1.54) is 18.2 Å². The molecule has 36 heavy (non-hydrogen) atoms. The number of carbonyl (C=O) groups excluding carboxylic acids is 1. The van der Waals surface area contributed by atoms with E-state index in [-0.39, 0.29) is 16.5 Å². The lowest BCUT2D eigenvalue weighted by atomic mass is 10.1. The lowest BCUT2D eigenvalue weighted by Gasteiger charge is -2.38. The minimum absolute atomic E-state index is 0.104. The van der Waals surface area contributed by atoms with E-state index in [9.17, 15) is 19.3 Å². The van der Waals surface area contributed by atoms with Gasteiger partial charge in [-0.1, -0.05) is 24.3 Å². The quantitative estimate of drug-likeness (QED) is 0.398. The smallest absolute Gasteiger partial charge is 0.292 e. The topological polar surface area (TPSA) is 73.2 Å². The number of nitrogens with zero attached hydrogens (tertiary/aromatic N) is 5. The van der Waals surface area contributed by atoms with E-state index < -0.39 is 5.82 Å². The monoisotopic (exact) mass is 489 g/mol. The molecule has 2 aliphatic heterocycles. The Labute approximate surface area is 209 Å². The Bertz CT molecular complexity index is 1240. The van der Waals surface area contributed by atoms with Gasteiger partial charge in [0.1, 0.15) is 11.5 Å². The summed E-state index contributed by atoms with van der Waals surface area (Å²) in [7, 11) is 0. The highest BCUT2D eigenvalue weighted by Crippen LogP contribution is 2.34. The number of nitro benzene ring substituents is 1. The van der Waals surface area contributed by atoms with Crippen LogP contribution in [0.3, 0.4) is 0 Å². The molecule has 9 heteroatoms. The van der Waals surface area contributed by atoms with Gasteiger partial charge >= 0.3 is 0 Å².